The Labute approximate surface area is 128 Å². The Balaban J connectivity index is 1.80. The van der Waals surface area contributed by atoms with E-state index in [2.05, 4.69) is 4.72 Å². The van der Waals surface area contributed by atoms with Crippen LogP contribution in [0.1, 0.15) is 25.7 Å². The minimum atomic E-state index is -3.81. The summed E-state index contributed by atoms with van der Waals surface area (Å²) in [4.78, 5) is 24.7. The fourth-order valence-corrected chi connectivity index (χ4v) is 4.00. The minimum Gasteiger partial charge on any atom is -0.368 e. The molecule has 3 rings (SSSR count). The number of nitrogens with one attached hydrogen (secondary N) is 1. The standard InChI is InChI=1S/C14H17N3O4S/c15-13(19)14(7-8-14)16-22(20,21)11-5-3-10(4-6-11)17-9-1-2-12(17)18/h3-6,16H,1-2,7-9H2,(H2,15,19). The second kappa shape index (κ2) is 5.06. The van der Waals surface area contributed by atoms with Crippen molar-refractivity contribution in [2.45, 2.75) is 36.1 Å². The smallest absolute Gasteiger partial charge is 0.241 e. The van der Waals surface area contributed by atoms with Crippen LogP contribution in [0.25, 0.3) is 0 Å². The summed E-state index contributed by atoms with van der Waals surface area (Å²) >= 11 is 0. The van der Waals surface area contributed by atoms with Crippen molar-refractivity contribution in [3.05, 3.63) is 24.3 Å². The maximum absolute atomic E-state index is 12.3. The highest BCUT2D eigenvalue weighted by atomic mass is 32.2. The summed E-state index contributed by atoms with van der Waals surface area (Å²) < 4.78 is 27.0. The average Bonchev–Trinajstić information content (AvgIpc) is 3.12. The van der Waals surface area contributed by atoms with Crippen LogP contribution in [0, 0.1) is 0 Å². The predicted octanol–water partition coefficient (Wildman–Crippen LogP) is 0.110. The largest absolute Gasteiger partial charge is 0.368 e. The molecular formula is C14H17N3O4S. The summed E-state index contributed by atoms with van der Waals surface area (Å²) in [6.07, 6.45) is 2.16. The highest BCUT2D eigenvalue weighted by molar-refractivity contribution is 7.89. The molecule has 2 fully saturated rings. The molecule has 0 radical (unpaired) electrons. The van der Waals surface area contributed by atoms with E-state index in [4.69, 9.17) is 5.73 Å². The summed E-state index contributed by atoms with van der Waals surface area (Å²) in [6, 6.07) is 6.06. The number of hydrogen-bond donors (Lipinski definition) is 2. The fraction of sp³-hybridized carbons (Fsp3) is 0.429. The number of rotatable bonds is 5. The molecule has 1 saturated carbocycles. The molecule has 0 unspecified atom stereocenters. The quantitative estimate of drug-likeness (QED) is 0.801. The number of benzene rings is 1. The zero-order chi connectivity index (χ0) is 16.0. The van der Waals surface area contributed by atoms with E-state index in [1.165, 1.54) is 12.1 Å². The summed E-state index contributed by atoms with van der Waals surface area (Å²) in [5.41, 5.74) is 4.77. The van der Waals surface area contributed by atoms with E-state index in [9.17, 15) is 18.0 Å². The molecule has 1 saturated heterocycles. The van der Waals surface area contributed by atoms with Gasteiger partial charge in [0.1, 0.15) is 5.54 Å². The lowest BCUT2D eigenvalue weighted by Crippen LogP contribution is -2.46. The zero-order valence-electron chi connectivity index (χ0n) is 11.9. The number of anilines is 1. The van der Waals surface area contributed by atoms with Gasteiger partial charge >= 0.3 is 0 Å². The van der Waals surface area contributed by atoms with Gasteiger partial charge in [0.2, 0.25) is 21.8 Å². The minimum absolute atomic E-state index is 0.0411. The summed E-state index contributed by atoms with van der Waals surface area (Å²) in [5.74, 6) is -0.616. The van der Waals surface area contributed by atoms with E-state index in [0.717, 1.165) is 6.42 Å². The number of carbonyl (C=O) groups is 2. The van der Waals surface area contributed by atoms with Crippen LogP contribution in [0.15, 0.2) is 29.2 Å². The van der Waals surface area contributed by atoms with Gasteiger partial charge in [-0.2, -0.15) is 4.72 Å². The van der Waals surface area contributed by atoms with Gasteiger partial charge < -0.3 is 10.6 Å². The number of hydrogen-bond acceptors (Lipinski definition) is 4. The molecule has 7 nitrogen and oxygen atoms in total. The first-order chi connectivity index (χ1) is 10.3. The van der Waals surface area contributed by atoms with Crippen molar-refractivity contribution in [3.8, 4) is 0 Å². The molecule has 0 spiro atoms. The number of sulfonamides is 1. The van der Waals surface area contributed by atoms with Gasteiger partial charge in [0, 0.05) is 18.7 Å². The van der Waals surface area contributed by atoms with E-state index in [1.807, 2.05) is 0 Å². The van der Waals surface area contributed by atoms with Crippen LogP contribution in [0.4, 0.5) is 5.69 Å². The van der Waals surface area contributed by atoms with E-state index < -0.39 is 21.5 Å². The highest BCUT2D eigenvalue weighted by Gasteiger charge is 2.51. The Morgan fingerprint density at radius 1 is 1.23 bits per heavy atom. The molecule has 8 heteroatoms. The molecule has 1 aromatic carbocycles. The van der Waals surface area contributed by atoms with E-state index >= 15 is 0 Å². The molecule has 118 valence electrons. The van der Waals surface area contributed by atoms with Gasteiger partial charge in [0.25, 0.3) is 0 Å². The SMILES string of the molecule is NC(=O)C1(NS(=O)(=O)c2ccc(N3CCCC3=O)cc2)CC1. The summed E-state index contributed by atoms with van der Waals surface area (Å²) in [5, 5.41) is 0. The van der Waals surface area contributed by atoms with Gasteiger partial charge in [0.05, 0.1) is 4.90 Å². The molecule has 2 amide bonds. The van der Waals surface area contributed by atoms with Crippen molar-refractivity contribution < 1.29 is 18.0 Å². The van der Waals surface area contributed by atoms with Gasteiger partial charge in [-0.25, -0.2) is 8.42 Å². The van der Waals surface area contributed by atoms with Crippen LogP contribution in [-0.4, -0.2) is 32.3 Å². The van der Waals surface area contributed by atoms with E-state index in [-0.39, 0.29) is 10.8 Å². The lowest BCUT2D eigenvalue weighted by atomic mass is 10.3. The summed E-state index contributed by atoms with van der Waals surface area (Å²) in [6.45, 7) is 0.647. The van der Waals surface area contributed by atoms with Crippen molar-refractivity contribution in [3.63, 3.8) is 0 Å². The molecule has 0 bridgehead atoms. The molecule has 0 atom stereocenters. The first kappa shape index (κ1) is 15.0. The second-order valence-corrected chi connectivity index (χ2v) is 7.38. The van der Waals surface area contributed by atoms with Crippen molar-refractivity contribution in [1.29, 1.82) is 0 Å². The lowest BCUT2D eigenvalue weighted by molar-refractivity contribution is -0.120. The van der Waals surface area contributed by atoms with E-state index in [0.29, 0.717) is 31.5 Å². The highest BCUT2D eigenvalue weighted by Crippen LogP contribution is 2.36. The van der Waals surface area contributed by atoms with Crippen LogP contribution < -0.4 is 15.4 Å². The Hall–Kier alpha value is -1.93. The van der Waals surface area contributed by atoms with Crippen LogP contribution >= 0.6 is 0 Å². The van der Waals surface area contributed by atoms with Crippen LogP contribution in [0.3, 0.4) is 0 Å². The maximum Gasteiger partial charge on any atom is 0.241 e. The molecular weight excluding hydrogens is 306 g/mol. The predicted molar refractivity (Wildman–Crippen MR) is 79.5 cm³/mol. The monoisotopic (exact) mass is 323 g/mol. The van der Waals surface area contributed by atoms with Gasteiger partial charge in [-0.05, 0) is 43.5 Å². The first-order valence-electron chi connectivity index (χ1n) is 7.08. The van der Waals surface area contributed by atoms with Crippen molar-refractivity contribution in [1.82, 2.24) is 4.72 Å². The molecule has 1 aliphatic heterocycles. The van der Waals surface area contributed by atoms with Crippen LogP contribution in [0.5, 0.6) is 0 Å². The van der Waals surface area contributed by atoms with Gasteiger partial charge in [-0.15, -0.1) is 0 Å². The maximum atomic E-state index is 12.3. The third kappa shape index (κ3) is 2.59. The lowest BCUT2D eigenvalue weighted by Gasteiger charge is -2.17. The number of nitrogens with zero attached hydrogens (tertiary/aromatic N) is 1. The van der Waals surface area contributed by atoms with Crippen molar-refractivity contribution in [2.24, 2.45) is 5.73 Å². The molecule has 2 aliphatic rings. The normalized spacial score (nSPS) is 20.2. The molecule has 3 N–H and O–H groups in total. The third-order valence-electron chi connectivity index (χ3n) is 4.08. The van der Waals surface area contributed by atoms with Gasteiger partial charge in [-0.1, -0.05) is 0 Å². The van der Waals surface area contributed by atoms with Crippen LogP contribution in [0.2, 0.25) is 0 Å². The number of nitrogens with two attached hydrogens (primary N) is 1. The molecule has 0 aromatic heterocycles. The third-order valence-corrected chi connectivity index (χ3v) is 5.64. The van der Waals surface area contributed by atoms with Crippen molar-refractivity contribution >= 4 is 27.5 Å². The Bertz CT molecular complexity index is 723. The molecule has 1 heterocycles. The topological polar surface area (TPSA) is 110 Å². The number of primary amides is 1. The zero-order valence-corrected chi connectivity index (χ0v) is 12.7. The Morgan fingerprint density at radius 3 is 2.32 bits per heavy atom. The van der Waals surface area contributed by atoms with Gasteiger partial charge in [0.15, 0.2) is 0 Å². The summed E-state index contributed by atoms with van der Waals surface area (Å²) in [7, 11) is -3.81. The molecule has 1 aliphatic carbocycles. The van der Waals surface area contributed by atoms with Gasteiger partial charge in [-0.3, -0.25) is 9.59 Å². The number of amides is 2. The number of carbonyl (C=O) groups excluding carboxylic acids is 2. The molecule has 22 heavy (non-hydrogen) atoms. The Morgan fingerprint density at radius 2 is 1.86 bits per heavy atom. The Kier molecular flexibility index (Phi) is 3.45. The van der Waals surface area contributed by atoms with E-state index in [1.54, 1.807) is 17.0 Å². The fourth-order valence-electron chi connectivity index (χ4n) is 2.57. The second-order valence-electron chi connectivity index (χ2n) is 5.69. The molecule has 1 aromatic rings. The average molecular weight is 323 g/mol. The first-order valence-corrected chi connectivity index (χ1v) is 8.57. The van der Waals surface area contributed by atoms with Crippen molar-refractivity contribution in [2.75, 3.05) is 11.4 Å². The van der Waals surface area contributed by atoms with Crippen LogP contribution in [-0.2, 0) is 19.6 Å².